The van der Waals surface area contributed by atoms with Crippen molar-refractivity contribution in [1.82, 2.24) is 4.98 Å². The number of pyridine rings is 1. The molecule has 0 aliphatic carbocycles. The number of amides is 1. The first-order chi connectivity index (χ1) is 11.9. The normalized spacial score (nSPS) is 10.7. The third-order valence-corrected chi connectivity index (χ3v) is 3.91. The minimum Gasteiger partial charge on any atom is -0.452 e. The first-order valence-electron chi connectivity index (χ1n) is 7.07. The van der Waals surface area contributed by atoms with Gasteiger partial charge in [-0.05, 0) is 36.3 Å². The number of ether oxygens (including phenoxy) is 1. The molecule has 0 spiro atoms. The molecule has 0 aliphatic rings. The number of hydrogen-bond acceptors (Lipinski definition) is 4. The van der Waals surface area contributed by atoms with Gasteiger partial charge < -0.3 is 10.1 Å². The van der Waals surface area contributed by atoms with Crippen LogP contribution in [0.1, 0.15) is 11.1 Å². The fourth-order valence-corrected chi connectivity index (χ4v) is 2.16. The molecule has 1 amide bonds. The number of carbonyl (C=O) groups excluding carboxylic acids is 2. The van der Waals surface area contributed by atoms with Crippen molar-refractivity contribution in [2.45, 2.75) is 6.92 Å². The van der Waals surface area contributed by atoms with E-state index in [0.717, 1.165) is 6.08 Å². The molecule has 2 aromatic rings. The molecule has 0 aliphatic heterocycles. The van der Waals surface area contributed by atoms with Gasteiger partial charge in [0.15, 0.2) is 12.4 Å². The van der Waals surface area contributed by atoms with E-state index in [1.807, 2.05) is 0 Å². The molecular weight excluding hydrogens is 370 g/mol. The predicted octanol–water partition coefficient (Wildman–Crippen LogP) is 4.03. The molecule has 0 saturated heterocycles. The molecule has 0 fully saturated rings. The van der Waals surface area contributed by atoms with Gasteiger partial charge in [0.05, 0.1) is 10.0 Å². The molecule has 0 unspecified atom stereocenters. The molecular formula is C17H13Cl2FN2O3. The topological polar surface area (TPSA) is 68.3 Å². The zero-order valence-corrected chi connectivity index (χ0v) is 14.6. The number of nitrogens with one attached hydrogen (secondary N) is 1. The van der Waals surface area contributed by atoms with Crippen LogP contribution >= 0.6 is 23.2 Å². The van der Waals surface area contributed by atoms with Crippen LogP contribution in [0.3, 0.4) is 0 Å². The molecule has 8 heteroatoms. The van der Waals surface area contributed by atoms with E-state index in [4.69, 9.17) is 27.9 Å². The van der Waals surface area contributed by atoms with Crippen molar-refractivity contribution in [3.63, 3.8) is 0 Å². The Kier molecular flexibility index (Phi) is 6.50. The molecule has 1 aromatic heterocycles. The number of rotatable bonds is 5. The summed E-state index contributed by atoms with van der Waals surface area (Å²) >= 11 is 11.9. The van der Waals surface area contributed by atoms with Gasteiger partial charge in [0, 0.05) is 12.3 Å². The van der Waals surface area contributed by atoms with Gasteiger partial charge in [-0.15, -0.1) is 0 Å². The smallest absolute Gasteiger partial charge is 0.331 e. The van der Waals surface area contributed by atoms with Crippen LogP contribution in [0.25, 0.3) is 6.08 Å². The Labute approximate surface area is 153 Å². The van der Waals surface area contributed by atoms with Crippen molar-refractivity contribution in [1.29, 1.82) is 0 Å². The summed E-state index contributed by atoms with van der Waals surface area (Å²) < 4.78 is 17.8. The molecule has 1 heterocycles. The standard InChI is InChI=1S/C17H13Cl2FN2O3/c1-10-13(18)8-21-17(16(10)19)22-14(23)9-25-15(24)6-5-11-3-2-4-12(20)7-11/h2-8H,9H2,1H3,(H,21,22,23). The number of halogens is 3. The van der Waals surface area contributed by atoms with Crippen molar-refractivity contribution in [2.24, 2.45) is 0 Å². The summed E-state index contributed by atoms with van der Waals surface area (Å²) in [6.07, 6.45) is 3.83. The van der Waals surface area contributed by atoms with Crippen LogP contribution in [-0.4, -0.2) is 23.5 Å². The lowest BCUT2D eigenvalue weighted by Gasteiger charge is -2.09. The average Bonchev–Trinajstić information content (AvgIpc) is 2.59. The lowest BCUT2D eigenvalue weighted by Crippen LogP contribution is -2.21. The Morgan fingerprint density at radius 1 is 1.36 bits per heavy atom. The lowest BCUT2D eigenvalue weighted by atomic mass is 10.2. The van der Waals surface area contributed by atoms with Gasteiger partial charge in [-0.1, -0.05) is 35.3 Å². The van der Waals surface area contributed by atoms with Crippen molar-refractivity contribution in [2.75, 3.05) is 11.9 Å². The number of benzene rings is 1. The largest absolute Gasteiger partial charge is 0.452 e. The third-order valence-electron chi connectivity index (χ3n) is 3.07. The summed E-state index contributed by atoms with van der Waals surface area (Å²) in [6.45, 7) is 1.16. The Bertz CT molecular complexity index is 841. The van der Waals surface area contributed by atoms with E-state index < -0.39 is 24.3 Å². The summed E-state index contributed by atoms with van der Waals surface area (Å²) in [5.41, 5.74) is 1.07. The molecule has 130 valence electrons. The van der Waals surface area contributed by atoms with Crippen molar-refractivity contribution in [3.8, 4) is 0 Å². The summed E-state index contributed by atoms with van der Waals surface area (Å²) in [6, 6.07) is 5.68. The highest BCUT2D eigenvalue weighted by atomic mass is 35.5. The van der Waals surface area contributed by atoms with E-state index in [0.29, 0.717) is 16.1 Å². The van der Waals surface area contributed by atoms with E-state index in [1.54, 1.807) is 13.0 Å². The number of aromatic nitrogens is 1. The molecule has 5 nitrogen and oxygen atoms in total. The summed E-state index contributed by atoms with van der Waals surface area (Å²) in [5.74, 6) is -1.65. The lowest BCUT2D eigenvalue weighted by molar-refractivity contribution is -0.142. The number of nitrogens with zero attached hydrogens (tertiary/aromatic N) is 1. The highest BCUT2D eigenvalue weighted by Gasteiger charge is 2.12. The monoisotopic (exact) mass is 382 g/mol. The summed E-state index contributed by atoms with van der Waals surface area (Å²) in [5, 5.41) is 3.00. The van der Waals surface area contributed by atoms with Crippen LogP contribution in [0.4, 0.5) is 10.2 Å². The highest BCUT2D eigenvalue weighted by molar-refractivity contribution is 6.37. The van der Waals surface area contributed by atoms with Crippen LogP contribution in [0.5, 0.6) is 0 Å². The van der Waals surface area contributed by atoms with E-state index in [-0.39, 0.29) is 10.8 Å². The van der Waals surface area contributed by atoms with Gasteiger partial charge in [0.25, 0.3) is 5.91 Å². The van der Waals surface area contributed by atoms with Crippen LogP contribution in [0, 0.1) is 12.7 Å². The minimum absolute atomic E-state index is 0.125. The highest BCUT2D eigenvalue weighted by Crippen LogP contribution is 2.28. The van der Waals surface area contributed by atoms with Gasteiger partial charge in [0.2, 0.25) is 0 Å². The van der Waals surface area contributed by atoms with Gasteiger partial charge in [-0.2, -0.15) is 0 Å². The molecule has 1 N–H and O–H groups in total. The van der Waals surface area contributed by atoms with Crippen molar-refractivity contribution >= 4 is 47.0 Å². The van der Waals surface area contributed by atoms with E-state index in [1.165, 1.54) is 30.5 Å². The van der Waals surface area contributed by atoms with Crippen LogP contribution < -0.4 is 5.32 Å². The van der Waals surface area contributed by atoms with Gasteiger partial charge in [0.1, 0.15) is 5.82 Å². The Balaban J connectivity index is 1.87. The second-order valence-electron chi connectivity index (χ2n) is 4.94. The van der Waals surface area contributed by atoms with Crippen molar-refractivity contribution in [3.05, 3.63) is 63.5 Å². The number of anilines is 1. The predicted molar refractivity (Wildman–Crippen MR) is 94.0 cm³/mol. The minimum atomic E-state index is -0.745. The average molecular weight is 383 g/mol. The molecule has 0 atom stereocenters. The molecule has 0 bridgehead atoms. The first-order valence-corrected chi connectivity index (χ1v) is 7.83. The zero-order valence-electron chi connectivity index (χ0n) is 13.1. The maximum Gasteiger partial charge on any atom is 0.331 e. The molecule has 25 heavy (non-hydrogen) atoms. The van der Waals surface area contributed by atoms with Crippen LogP contribution in [-0.2, 0) is 14.3 Å². The fraction of sp³-hybridized carbons (Fsp3) is 0.118. The SMILES string of the molecule is Cc1c(Cl)cnc(NC(=O)COC(=O)C=Cc2cccc(F)c2)c1Cl. The first kappa shape index (κ1) is 18.9. The fourth-order valence-electron chi connectivity index (χ4n) is 1.77. The molecule has 0 saturated carbocycles. The van der Waals surface area contributed by atoms with Crippen LogP contribution in [0.2, 0.25) is 10.0 Å². The van der Waals surface area contributed by atoms with E-state index >= 15 is 0 Å². The summed E-state index contributed by atoms with van der Waals surface area (Å²) in [4.78, 5) is 27.3. The van der Waals surface area contributed by atoms with E-state index in [9.17, 15) is 14.0 Å². The molecule has 0 radical (unpaired) electrons. The van der Waals surface area contributed by atoms with E-state index in [2.05, 4.69) is 10.3 Å². The zero-order chi connectivity index (χ0) is 18.4. The Morgan fingerprint density at radius 2 is 2.12 bits per heavy atom. The molecule has 1 aromatic carbocycles. The maximum atomic E-state index is 13.0. The Hall–Kier alpha value is -2.44. The number of hydrogen-bond donors (Lipinski definition) is 1. The number of carbonyl (C=O) groups is 2. The van der Waals surface area contributed by atoms with Gasteiger partial charge in [-0.25, -0.2) is 14.2 Å². The summed E-state index contributed by atoms with van der Waals surface area (Å²) in [7, 11) is 0. The maximum absolute atomic E-state index is 13.0. The van der Waals surface area contributed by atoms with Gasteiger partial charge >= 0.3 is 5.97 Å². The van der Waals surface area contributed by atoms with Crippen LogP contribution in [0.15, 0.2) is 36.5 Å². The Morgan fingerprint density at radius 3 is 2.84 bits per heavy atom. The molecule has 2 rings (SSSR count). The quantitative estimate of drug-likeness (QED) is 0.625. The van der Waals surface area contributed by atoms with Gasteiger partial charge in [-0.3, -0.25) is 4.79 Å². The second-order valence-corrected chi connectivity index (χ2v) is 5.72. The second kappa shape index (κ2) is 8.60. The number of esters is 1. The van der Waals surface area contributed by atoms with Crippen molar-refractivity contribution < 1.29 is 18.7 Å². The third kappa shape index (κ3) is 5.55.